The summed E-state index contributed by atoms with van der Waals surface area (Å²) in [6, 6.07) is 25.3. The second-order valence-corrected chi connectivity index (χ2v) is 8.67. The molecule has 0 unspecified atom stereocenters. The summed E-state index contributed by atoms with van der Waals surface area (Å²) < 4.78 is 21.9. The molecule has 6 nitrogen and oxygen atoms in total. The Morgan fingerprint density at radius 1 is 0.500 bits per heavy atom. The van der Waals surface area contributed by atoms with Crippen molar-refractivity contribution in [3.8, 4) is 11.5 Å². The summed E-state index contributed by atoms with van der Waals surface area (Å²) >= 11 is 0. The topological polar surface area (TPSA) is 61.0 Å². The van der Waals surface area contributed by atoms with E-state index < -0.39 is 0 Å². The molecule has 0 spiro atoms. The number of methoxy groups -OCH3 is 2. The van der Waals surface area contributed by atoms with E-state index >= 15 is 0 Å². The second kappa shape index (κ2) is 13.8. The second-order valence-electron chi connectivity index (χ2n) is 8.67. The summed E-state index contributed by atoms with van der Waals surface area (Å²) in [5.74, 6) is 1.77. The Kier molecular flexibility index (Phi) is 9.94. The molecule has 0 atom stereocenters. The highest BCUT2D eigenvalue weighted by Crippen LogP contribution is 2.22. The Balaban J connectivity index is 1.01. The van der Waals surface area contributed by atoms with Gasteiger partial charge in [0.05, 0.1) is 40.6 Å². The van der Waals surface area contributed by atoms with Gasteiger partial charge in [-0.05, 0) is 69.1 Å². The minimum absolute atomic E-state index is 0.605. The van der Waals surface area contributed by atoms with E-state index in [0.29, 0.717) is 26.4 Å². The zero-order chi connectivity index (χ0) is 25.0. The first-order chi connectivity index (χ1) is 17.7. The molecular weight excluding hydrogens is 452 g/mol. The van der Waals surface area contributed by atoms with Crippen molar-refractivity contribution in [2.75, 3.05) is 53.7 Å². The highest BCUT2D eigenvalue weighted by molar-refractivity contribution is 5.85. The predicted molar refractivity (Wildman–Crippen MR) is 146 cm³/mol. The normalized spacial score (nSPS) is 11.3. The van der Waals surface area contributed by atoms with Crippen LogP contribution >= 0.6 is 0 Å². The minimum Gasteiger partial charge on any atom is -0.497 e. The van der Waals surface area contributed by atoms with E-state index in [2.05, 4.69) is 71.3 Å². The van der Waals surface area contributed by atoms with Gasteiger partial charge in [-0.3, -0.25) is 0 Å². The van der Waals surface area contributed by atoms with Crippen molar-refractivity contribution in [3.05, 3.63) is 83.9 Å². The highest BCUT2D eigenvalue weighted by Gasteiger charge is 2.01. The molecule has 4 rings (SSSR count). The lowest BCUT2D eigenvalue weighted by Gasteiger charge is -2.09. The molecule has 0 saturated heterocycles. The third-order valence-electron chi connectivity index (χ3n) is 6.10. The zero-order valence-electron chi connectivity index (χ0n) is 21.2. The number of nitrogens with one attached hydrogen (secondary N) is 2. The van der Waals surface area contributed by atoms with Crippen molar-refractivity contribution in [2.24, 2.45) is 0 Å². The first-order valence-electron chi connectivity index (χ1n) is 12.5. The minimum atomic E-state index is 0.605. The molecular formula is C30H36N2O4. The van der Waals surface area contributed by atoms with Gasteiger partial charge in [-0.25, -0.2) is 0 Å². The maximum absolute atomic E-state index is 5.67. The lowest BCUT2D eigenvalue weighted by molar-refractivity contribution is 0.0498. The summed E-state index contributed by atoms with van der Waals surface area (Å²) in [5, 5.41) is 11.7. The van der Waals surface area contributed by atoms with Crippen LogP contribution in [0.3, 0.4) is 0 Å². The van der Waals surface area contributed by atoms with Crippen LogP contribution in [0, 0.1) is 0 Å². The molecule has 4 aromatic carbocycles. The van der Waals surface area contributed by atoms with Crippen LogP contribution in [0.1, 0.15) is 11.1 Å². The molecule has 0 aliphatic carbocycles. The van der Waals surface area contributed by atoms with E-state index in [9.17, 15) is 0 Å². The average Bonchev–Trinajstić information content (AvgIpc) is 2.92. The SMILES string of the molecule is COc1ccc2cc(CNCCOCCOCCNCc3ccc4cc(OC)ccc4c3)ccc2c1. The fraction of sp³-hybridized carbons (Fsp3) is 0.333. The van der Waals surface area contributed by atoms with Crippen LogP contribution in [0.5, 0.6) is 11.5 Å². The van der Waals surface area contributed by atoms with Crippen LogP contribution in [-0.4, -0.2) is 53.7 Å². The molecule has 6 heteroatoms. The van der Waals surface area contributed by atoms with Crippen molar-refractivity contribution in [1.82, 2.24) is 10.6 Å². The summed E-state index contributed by atoms with van der Waals surface area (Å²) in [4.78, 5) is 0. The summed E-state index contributed by atoms with van der Waals surface area (Å²) in [6.07, 6.45) is 0. The van der Waals surface area contributed by atoms with Gasteiger partial charge in [0.25, 0.3) is 0 Å². The van der Waals surface area contributed by atoms with Crippen LogP contribution in [0.15, 0.2) is 72.8 Å². The Morgan fingerprint density at radius 3 is 1.36 bits per heavy atom. The molecule has 0 bridgehead atoms. The Hall–Kier alpha value is -3.16. The van der Waals surface area contributed by atoms with Crippen molar-refractivity contribution < 1.29 is 18.9 Å². The van der Waals surface area contributed by atoms with E-state index in [1.807, 2.05) is 12.1 Å². The van der Waals surface area contributed by atoms with Crippen molar-refractivity contribution in [1.29, 1.82) is 0 Å². The van der Waals surface area contributed by atoms with E-state index in [1.165, 1.54) is 32.7 Å². The summed E-state index contributed by atoms with van der Waals surface area (Å²) in [6.45, 7) is 5.79. The Labute approximate surface area is 213 Å². The molecule has 0 heterocycles. The van der Waals surface area contributed by atoms with Crippen LogP contribution in [0.25, 0.3) is 21.5 Å². The van der Waals surface area contributed by atoms with Gasteiger partial charge in [-0.15, -0.1) is 0 Å². The molecule has 2 N–H and O–H groups in total. The van der Waals surface area contributed by atoms with Crippen molar-refractivity contribution in [3.63, 3.8) is 0 Å². The molecule has 0 aliphatic heterocycles. The molecule has 0 aliphatic rings. The van der Waals surface area contributed by atoms with Gasteiger partial charge in [0, 0.05) is 26.2 Å². The molecule has 0 amide bonds. The van der Waals surface area contributed by atoms with Crippen LogP contribution in [-0.2, 0) is 22.6 Å². The maximum atomic E-state index is 5.67. The molecule has 36 heavy (non-hydrogen) atoms. The van der Waals surface area contributed by atoms with Gasteiger partial charge in [0.1, 0.15) is 11.5 Å². The number of fused-ring (bicyclic) bond motifs is 2. The van der Waals surface area contributed by atoms with E-state index in [4.69, 9.17) is 18.9 Å². The molecule has 4 aromatic rings. The van der Waals surface area contributed by atoms with Crippen molar-refractivity contribution in [2.45, 2.75) is 13.1 Å². The fourth-order valence-electron chi connectivity index (χ4n) is 4.10. The summed E-state index contributed by atoms with van der Waals surface area (Å²) in [5.41, 5.74) is 2.51. The Bertz CT molecular complexity index is 1150. The van der Waals surface area contributed by atoms with Crippen molar-refractivity contribution >= 4 is 21.5 Å². The van der Waals surface area contributed by atoms with Gasteiger partial charge >= 0.3 is 0 Å². The number of rotatable bonds is 15. The van der Waals surface area contributed by atoms with Gasteiger partial charge < -0.3 is 29.6 Å². The number of hydrogen-bond donors (Lipinski definition) is 2. The molecule has 0 saturated carbocycles. The van der Waals surface area contributed by atoms with E-state index in [1.54, 1.807) is 14.2 Å². The largest absolute Gasteiger partial charge is 0.497 e. The number of hydrogen-bond acceptors (Lipinski definition) is 6. The highest BCUT2D eigenvalue weighted by atomic mass is 16.5. The monoisotopic (exact) mass is 488 g/mol. The Morgan fingerprint density at radius 2 is 0.917 bits per heavy atom. The number of ether oxygens (including phenoxy) is 4. The van der Waals surface area contributed by atoms with Gasteiger partial charge in [-0.1, -0.05) is 36.4 Å². The maximum Gasteiger partial charge on any atom is 0.119 e. The molecule has 0 radical (unpaired) electrons. The average molecular weight is 489 g/mol. The van der Waals surface area contributed by atoms with Gasteiger partial charge in [0.15, 0.2) is 0 Å². The smallest absolute Gasteiger partial charge is 0.119 e. The van der Waals surface area contributed by atoms with Gasteiger partial charge in [-0.2, -0.15) is 0 Å². The number of benzene rings is 4. The molecule has 190 valence electrons. The van der Waals surface area contributed by atoms with E-state index in [-0.39, 0.29) is 0 Å². The third-order valence-corrected chi connectivity index (χ3v) is 6.10. The first kappa shape index (κ1) is 25.9. The van der Waals surface area contributed by atoms with Gasteiger partial charge in [0.2, 0.25) is 0 Å². The third kappa shape index (κ3) is 7.67. The van der Waals surface area contributed by atoms with Crippen LogP contribution in [0.2, 0.25) is 0 Å². The molecule has 0 aromatic heterocycles. The quantitative estimate of drug-likeness (QED) is 0.232. The lowest BCUT2D eigenvalue weighted by Crippen LogP contribution is -2.22. The zero-order valence-corrected chi connectivity index (χ0v) is 21.2. The van der Waals surface area contributed by atoms with Crippen LogP contribution in [0.4, 0.5) is 0 Å². The lowest BCUT2D eigenvalue weighted by atomic mass is 10.1. The summed E-state index contributed by atoms with van der Waals surface area (Å²) in [7, 11) is 3.38. The van der Waals surface area contributed by atoms with Crippen LogP contribution < -0.4 is 20.1 Å². The standard InChI is InChI=1S/C30H36N2O4/c1-33-29-9-7-25-17-23(3-5-27(25)19-29)21-31-11-13-35-15-16-36-14-12-32-22-24-4-6-28-20-30(34-2)10-8-26(28)18-24/h3-10,17-20,31-32H,11-16,21-22H2,1-2H3. The first-order valence-corrected chi connectivity index (χ1v) is 12.5. The van der Waals surface area contributed by atoms with E-state index in [0.717, 1.165) is 37.7 Å². The fourth-order valence-corrected chi connectivity index (χ4v) is 4.10. The molecule has 0 fully saturated rings. The predicted octanol–water partition coefficient (Wildman–Crippen LogP) is 4.92.